The van der Waals surface area contributed by atoms with E-state index in [0.717, 1.165) is 62.3 Å². The zero-order chi connectivity index (χ0) is 27.6. The quantitative estimate of drug-likeness (QED) is 0.224. The van der Waals surface area contributed by atoms with Crippen molar-refractivity contribution in [3.63, 3.8) is 0 Å². The van der Waals surface area contributed by atoms with Crippen molar-refractivity contribution in [2.24, 2.45) is 0 Å². The van der Waals surface area contributed by atoms with Crippen LogP contribution in [0.5, 0.6) is 17.4 Å². The Balaban J connectivity index is 1.36. The van der Waals surface area contributed by atoms with Crippen LogP contribution in [-0.2, 0) is 11.3 Å². The second kappa shape index (κ2) is 14.0. The molecule has 0 unspecified atom stereocenters. The second-order valence-corrected chi connectivity index (χ2v) is 10.1. The van der Waals surface area contributed by atoms with Crippen molar-refractivity contribution in [3.05, 3.63) is 65.4 Å². The third-order valence-electron chi connectivity index (χ3n) is 6.97. The standard InChI is InChI=1S/C30H40N4O5/c1-5-37-30(35)28-29(34(32-31-28)21-22-7-13-25(36-4)14-8-22)39-27-17-11-24(12-18-27)23-9-15-26(16-10-23)38-20-6-19-33(2)3/h7-10,13-16,24,27H,5-6,11-12,17-21H2,1-4H3/t24-,27-. The Kier molecular flexibility index (Phi) is 10.2. The molecular weight excluding hydrogens is 496 g/mol. The highest BCUT2D eigenvalue weighted by Gasteiger charge is 2.29. The Bertz CT molecular complexity index is 1170. The smallest absolute Gasteiger partial charge is 0.364 e. The monoisotopic (exact) mass is 536 g/mol. The van der Waals surface area contributed by atoms with Gasteiger partial charge in [-0.1, -0.05) is 29.5 Å². The number of carbonyl (C=O) groups excluding carboxylic acids is 1. The van der Waals surface area contributed by atoms with Crippen molar-refractivity contribution in [2.75, 3.05) is 41.0 Å². The second-order valence-electron chi connectivity index (χ2n) is 10.1. The summed E-state index contributed by atoms with van der Waals surface area (Å²) in [7, 11) is 5.78. The van der Waals surface area contributed by atoms with E-state index in [0.29, 0.717) is 18.3 Å². The van der Waals surface area contributed by atoms with Gasteiger partial charge in [-0.2, -0.15) is 0 Å². The molecule has 9 heteroatoms. The summed E-state index contributed by atoms with van der Waals surface area (Å²) in [6.07, 6.45) is 4.74. The van der Waals surface area contributed by atoms with E-state index in [2.05, 4.69) is 53.6 Å². The summed E-state index contributed by atoms with van der Waals surface area (Å²) in [5.74, 6) is 2.01. The molecule has 4 rings (SSSR count). The fourth-order valence-corrected chi connectivity index (χ4v) is 4.83. The zero-order valence-corrected chi connectivity index (χ0v) is 23.5. The van der Waals surface area contributed by atoms with Crippen LogP contribution in [0.2, 0.25) is 0 Å². The third kappa shape index (κ3) is 7.95. The highest BCUT2D eigenvalue weighted by molar-refractivity contribution is 5.89. The highest BCUT2D eigenvalue weighted by Crippen LogP contribution is 2.35. The fourth-order valence-electron chi connectivity index (χ4n) is 4.83. The van der Waals surface area contributed by atoms with Gasteiger partial charge in [-0.15, -0.1) is 5.10 Å². The first-order valence-electron chi connectivity index (χ1n) is 13.7. The van der Waals surface area contributed by atoms with Gasteiger partial charge < -0.3 is 23.8 Å². The zero-order valence-electron chi connectivity index (χ0n) is 23.5. The van der Waals surface area contributed by atoms with Gasteiger partial charge in [0, 0.05) is 6.54 Å². The van der Waals surface area contributed by atoms with E-state index < -0.39 is 5.97 Å². The molecule has 0 amide bonds. The maximum atomic E-state index is 12.6. The molecule has 1 aliphatic carbocycles. The van der Waals surface area contributed by atoms with Crippen molar-refractivity contribution in [1.82, 2.24) is 19.9 Å². The number of methoxy groups -OCH3 is 1. The van der Waals surface area contributed by atoms with Gasteiger partial charge in [-0.25, -0.2) is 9.48 Å². The largest absolute Gasteiger partial charge is 0.497 e. The summed E-state index contributed by atoms with van der Waals surface area (Å²) in [4.78, 5) is 14.7. The minimum Gasteiger partial charge on any atom is -0.497 e. The first-order chi connectivity index (χ1) is 19.0. The molecule has 1 aliphatic rings. The first-order valence-corrected chi connectivity index (χ1v) is 13.7. The summed E-state index contributed by atoms with van der Waals surface area (Å²) in [5, 5.41) is 8.33. The number of ether oxygens (including phenoxy) is 4. The van der Waals surface area contributed by atoms with Crippen molar-refractivity contribution in [2.45, 2.75) is 57.6 Å². The van der Waals surface area contributed by atoms with Crippen molar-refractivity contribution >= 4 is 5.97 Å². The number of aromatic nitrogens is 3. The number of rotatable bonds is 13. The molecule has 1 fully saturated rings. The summed E-state index contributed by atoms with van der Waals surface area (Å²) >= 11 is 0. The molecule has 0 radical (unpaired) electrons. The molecule has 210 valence electrons. The van der Waals surface area contributed by atoms with Crippen molar-refractivity contribution in [1.29, 1.82) is 0 Å². The Morgan fingerprint density at radius 2 is 1.69 bits per heavy atom. The summed E-state index contributed by atoms with van der Waals surface area (Å²) < 4.78 is 24.4. The minimum atomic E-state index is -0.522. The van der Waals surface area contributed by atoms with Gasteiger partial charge in [0.1, 0.15) is 17.6 Å². The molecule has 1 heterocycles. The van der Waals surface area contributed by atoms with Crippen LogP contribution in [0.4, 0.5) is 0 Å². The van der Waals surface area contributed by atoms with Gasteiger partial charge in [0.15, 0.2) is 0 Å². The SMILES string of the molecule is CCOC(=O)c1nnn(Cc2ccc(OC)cc2)c1O[C@H]1CC[C@H](c2ccc(OCCCN(C)C)cc2)CC1. The van der Waals surface area contributed by atoms with Crippen LogP contribution in [0.25, 0.3) is 0 Å². The lowest BCUT2D eigenvalue weighted by atomic mass is 9.83. The molecule has 0 N–H and O–H groups in total. The summed E-state index contributed by atoms with van der Waals surface area (Å²) in [6, 6.07) is 16.2. The van der Waals surface area contributed by atoms with E-state index >= 15 is 0 Å². The van der Waals surface area contributed by atoms with Gasteiger partial charge >= 0.3 is 5.97 Å². The van der Waals surface area contributed by atoms with E-state index in [1.54, 1.807) is 18.7 Å². The lowest BCUT2D eigenvalue weighted by Crippen LogP contribution is -2.25. The van der Waals surface area contributed by atoms with Crippen LogP contribution in [0, 0.1) is 0 Å². The van der Waals surface area contributed by atoms with E-state index in [-0.39, 0.29) is 18.4 Å². The van der Waals surface area contributed by atoms with Gasteiger partial charge in [0.2, 0.25) is 11.6 Å². The Morgan fingerprint density at radius 1 is 1.00 bits per heavy atom. The van der Waals surface area contributed by atoms with Crippen molar-refractivity contribution < 1.29 is 23.7 Å². The predicted molar refractivity (Wildman–Crippen MR) is 149 cm³/mol. The number of hydrogen-bond donors (Lipinski definition) is 0. The maximum absolute atomic E-state index is 12.6. The van der Waals surface area contributed by atoms with Crippen molar-refractivity contribution in [3.8, 4) is 17.4 Å². The third-order valence-corrected chi connectivity index (χ3v) is 6.97. The normalized spacial score (nSPS) is 17.2. The van der Waals surface area contributed by atoms with Crippen LogP contribution < -0.4 is 14.2 Å². The Hall–Kier alpha value is -3.59. The molecule has 39 heavy (non-hydrogen) atoms. The van der Waals surface area contributed by atoms with Gasteiger partial charge in [0.25, 0.3) is 0 Å². The topological polar surface area (TPSA) is 87.9 Å². The van der Waals surface area contributed by atoms with Crippen LogP contribution in [0.1, 0.15) is 66.6 Å². The molecule has 0 bridgehead atoms. The number of carbonyl (C=O) groups is 1. The molecule has 0 saturated heterocycles. The van der Waals surface area contributed by atoms with Gasteiger partial charge in [0.05, 0.1) is 26.9 Å². The predicted octanol–water partition coefficient (Wildman–Crippen LogP) is 4.95. The van der Waals surface area contributed by atoms with Crippen LogP contribution >= 0.6 is 0 Å². The average molecular weight is 537 g/mol. The van der Waals surface area contributed by atoms with E-state index in [1.165, 1.54) is 5.56 Å². The lowest BCUT2D eigenvalue weighted by molar-refractivity contribution is 0.0507. The molecule has 3 aromatic rings. The molecule has 0 atom stereocenters. The van der Waals surface area contributed by atoms with Crippen LogP contribution in [-0.4, -0.2) is 72.9 Å². The van der Waals surface area contributed by atoms with E-state index in [1.807, 2.05) is 24.3 Å². The molecule has 1 saturated carbocycles. The van der Waals surface area contributed by atoms with Crippen LogP contribution in [0.3, 0.4) is 0 Å². The number of nitrogens with zero attached hydrogens (tertiary/aromatic N) is 4. The first kappa shape index (κ1) is 28.4. The highest BCUT2D eigenvalue weighted by atomic mass is 16.5. The van der Waals surface area contributed by atoms with Gasteiger partial charge in [-0.05, 0) is 94.4 Å². The number of benzene rings is 2. The molecular formula is C30H40N4O5. The van der Waals surface area contributed by atoms with E-state index in [9.17, 15) is 4.79 Å². The number of esters is 1. The Labute approximate surface area is 231 Å². The average Bonchev–Trinajstić information content (AvgIpc) is 3.34. The molecule has 0 aliphatic heterocycles. The molecule has 9 nitrogen and oxygen atoms in total. The molecule has 1 aromatic heterocycles. The van der Waals surface area contributed by atoms with Gasteiger partial charge in [-0.3, -0.25) is 0 Å². The Morgan fingerprint density at radius 3 is 2.33 bits per heavy atom. The molecule has 2 aromatic carbocycles. The lowest BCUT2D eigenvalue weighted by Gasteiger charge is -2.29. The summed E-state index contributed by atoms with van der Waals surface area (Å²) in [6.45, 7) is 4.19. The van der Waals surface area contributed by atoms with E-state index in [4.69, 9.17) is 18.9 Å². The fraction of sp³-hybridized carbons (Fsp3) is 0.500. The number of hydrogen-bond acceptors (Lipinski definition) is 8. The molecule has 0 spiro atoms. The summed E-state index contributed by atoms with van der Waals surface area (Å²) in [5.41, 5.74) is 2.44. The maximum Gasteiger partial charge on any atom is 0.364 e. The van der Waals surface area contributed by atoms with Crippen LogP contribution in [0.15, 0.2) is 48.5 Å². The minimum absolute atomic E-state index is 0.0261.